The van der Waals surface area contributed by atoms with Gasteiger partial charge >= 0.3 is 0 Å². The normalized spacial score (nSPS) is 10.5. The Bertz CT molecular complexity index is 1000. The van der Waals surface area contributed by atoms with Crippen molar-refractivity contribution in [1.82, 2.24) is 14.9 Å². The van der Waals surface area contributed by atoms with Gasteiger partial charge in [0.25, 0.3) is 5.56 Å². The van der Waals surface area contributed by atoms with Crippen LogP contribution in [0, 0.1) is 0 Å². The second-order valence-electron chi connectivity index (χ2n) is 5.91. The van der Waals surface area contributed by atoms with Gasteiger partial charge in [-0.15, -0.1) is 0 Å². The lowest BCUT2D eigenvalue weighted by molar-refractivity contribution is -0.123. The number of rotatable bonds is 7. The molecule has 0 fully saturated rings. The fourth-order valence-corrected chi connectivity index (χ4v) is 2.87. The van der Waals surface area contributed by atoms with Crippen LogP contribution in [0.15, 0.2) is 70.2 Å². The lowest BCUT2D eigenvalue weighted by Crippen LogP contribution is -2.25. The molecular formula is C20H18BrN3O4. The Hall–Kier alpha value is -2.97. The summed E-state index contributed by atoms with van der Waals surface area (Å²) in [6.45, 7) is 0.0544. The van der Waals surface area contributed by atoms with Gasteiger partial charge in [0.05, 0.1) is 5.69 Å². The van der Waals surface area contributed by atoms with Gasteiger partial charge in [-0.1, -0.05) is 42.5 Å². The summed E-state index contributed by atoms with van der Waals surface area (Å²) in [7, 11) is 0. The maximum absolute atomic E-state index is 12.7. The van der Waals surface area contributed by atoms with Gasteiger partial charge in [-0.3, -0.25) is 14.2 Å². The molecule has 3 aromatic rings. The van der Waals surface area contributed by atoms with Crippen LogP contribution in [0.1, 0.15) is 11.1 Å². The van der Waals surface area contributed by atoms with E-state index in [-0.39, 0.29) is 15.9 Å². The second-order valence-corrected chi connectivity index (χ2v) is 6.71. The largest absolute Gasteiger partial charge is 0.472 e. The Morgan fingerprint density at radius 1 is 1.11 bits per heavy atom. The fourth-order valence-electron chi connectivity index (χ4n) is 2.46. The van der Waals surface area contributed by atoms with Crippen LogP contribution in [0.25, 0.3) is 5.69 Å². The average molecular weight is 444 g/mol. The van der Waals surface area contributed by atoms with E-state index < -0.39 is 12.5 Å². The van der Waals surface area contributed by atoms with E-state index in [4.69, 9.17) is 9.84 Å². The van der Waals surface area contributed by atoms with Gasteiger partial charge in [-0.25, -0.2) is 4.98 Å². The van der Waals surface area contributed by atoms with Gasteiger partial charge in [-0.05, 0) is 39.2 Å². The molecule has 0 aliphatic rings. The number of aromatic nitrogens is 2. The van der Waals surface area contributed by atoms with E-state index in [1.165, 1.54) is 10.9 Å². The van der Waals surface area contributed by atoms with Crippen molar-refractivity contribution >= 4 is 21.8 Å². The first kappa shape index (κ1) is 19.8. The molecule has 0 atom stereocenters. The fraction of sp³-hybridized carbons (Fsp3) is 0.150. The number of hydrogen-bond donors (Lipinski definition) is 2. The van der Waals surface area contributed by atoms with Crippen molar-refractivity contribution in [2.45, 2.75) is 13.2 Å². The van der Waals surface area contributed by atoms with Gasteiger partial charge < -0.3 is 15.2 Å². The Morgan fingerprint density at radius 2 is 1.82 bits per heavy atom. The summed E-state index contributed by atoms with van der Waals surface area (Å²) in [5, 5.41) is 11.3. The van der Waals surface area contributed by atoms with Crippen molar-refractivity contribution in [3.8, 4) is 11.6 Å². The third-order valence-corrected chi connectivity index (χ3v) is 4.63. The molecular weight excluding hydrogens is 426 g/mol. The molecule has 7 nitrogen and oxygen atoms in total. The van der Waals surface area contributed by atoms with Crippen molar-refractivity contribution in [2.24, 2.45) is 0 Å². The van der Waals surface area contributed by atoms with Crippen LogP contribution in [0.2, 0.25) is 0 Å². The summed E-state index contributed by atoms with van der Waals surface area (Å²) in [5.41, 5.74) is 2.15. The van der Waals surface area contributed by atoms with Crippen LogP contribution in [-0.4, -0.2) is 27.2 Å². The van der Waals surface area contributed by atoms with Crippen molar-refractivity contribution in [2.75, 3.05) is 6.61 Å². The molecule has 1 amide bonds. The number of carbonyl (C=O) groups excluding carboxylic acids is 1. The maximum Gasteiger partial charge on any atom is 0.276 e. The van der Waals surface area contributed by atoms with Crippen LogP contribution in [0.5, 0.6) is 5.88 Å². The number of aliphatic hydroxyl groups excluding tert-OH is 1. The standard InChI is InChI=1S/C20H18BrN3O4/c21-18-19(28-12-15-4-2-1-3-5-15)23-13-24(20(18)27)16-8-6-14(7-9-16)10-22-17(26)11-25/h1-9,13,25H,10-12H2,(H,22,26). The van der Waals surface area contributed by atoms with E-state index in [9.17, 15) is 9.59 Å². The first-order valence-corrected chi connectivity index (χ1v) is 9.28. The number of aliphatic hydroxyl groups is 1. The van der Waals surface area contributed by atoms with Gasteiger partial charge in [0.1, 0.15) is 24.0 Å². The first-order chi connectivity index (χ1) is 13.6. The van der Waals surface area contributed by atoms with Crippen LogP contribution in [0.3, 0.4) is 0 Å². The molecule has 1 heterocycles. The maximum atomic E-state index is 12.7. The minimum atomic E-state index is -0.550. The van der Waals surface area contributed by atoms with E-state index in [1.807, 2.05) is 30.3 Å². The number of ether oxygens (including phenoxy) is 1. The van der Waals surface area contributed by atoms with E-state index >= 15 is 0 Å². The lowest BCUT2D eigenvalue weighted by Gasteiger charge is -2.11. The molecule has 0 aliphatic carbocycles. The molecule has 2 N–H and O–H groups in total. The van der Waals surface area contributed by atoms with Gasteiger partial charge in [-0.2, -0.15) is 0 Å². The van der Waals surface area contributed by atoms with E-state index in [0.29, 0.717) is 18.8 Å². The minimum absolute atomic E-state index is 0.230. The van der Waals surface area contributed by atoms with Crippen LogP contribution in [-0.2, 0) is 17.9 Å². The van der Waals surface area contributed by atoms with Crippen LogP contribution < -0.4 is 15.6 Å². The Kier molecular flexibility index (Phi) is 6.57. The van der Waals surface area contributed by atoms with Crippen molar-refractivity contribution < 1.29 is 14.6 Å². The summed E-state index contributed by atoms with van der Waals surface area (Å²) in [4.78, 5) is 28.0. The number of hydrogen-bond acceptors (Lipinski definition) is 5. The summed E-state index contributed by atoms with van der Waals surface area (Å²) in [5.74, 6) is -0.215. The number of benzene rings is 2. The Morgan fingerprint density at radius 3 is 2.50 bits per heavy atom. The zero-order valence-electron chi connectivity index (χ0n) is 14.8. The molecule has 0 saturated heterocycles. The summed E-state index contributed by atoms with van der Waals surface area (Å²) >= 11 is 3.27. The summed E-state index contributed by atoms with van der Waals surface area (Å²) in [6.07, 6.45) is 1.41. The molecule has 0 aliphatic heterocycles. The molecule has 8 heteroatoms. The number of nitrogens with zero attached hydrogens (tertiary/aromatic N) is 2. The SMILES string of the molecule is O=C(CO)NCc1ccc(-n2cnc(OCc3ccccc3)c(Br)c2=O)cc1. The topological polar surface area (TPSA) is 93.5 Å². The predicted octanol–water partition coefficient (Wildman–Crippen LogP) is 2.18. The minimum Gasteiger partial charge on any atom is -0.472 e. The number of nitrogens with one attached hydrogen (secondary N) is 1. The van der Waals surface area contributed by atoms with E-state index in [0.717, 1.165) is 11.1 Å². The highest BCUT2D eigenvalue weighted by Crippen LogP contribution is 2.19. The molecule has 0 spiro atoms. The molecule has 0 bridgehead atoms. The zero-order chi connectivity index (χ0) is 19.9. The number of carbonyl (C=O) groups is 1. The monoisotopic (exact) mass is 443 g/mol. The molecule has 144 valence electrons. The summed E-state index contributed by atoms with van der Waals surface area (Å²) < 4.78 is 7.29. The molecule has 2 aromatic carbocycles. The van der Waals surface area contributed by atoms with Crippen LogP contribution in [0.4, 0.5) is 0 Å². The lowest BCUT2D eigenvalue weighted by atomic mass is 10.2. The highest BCUT2D eigenvalue weighted by atomic mass is 79.9. The molecule has 1 aromatic heterocycles. The third-order valence-electron chi connectivity index (χ3n) is 3.95. The van der Waals surface area contributed by atoms with E-state index in [2.05, 4.69) is 26.2 Å². The zero-order valence-corrected chi connectivity index (χ0v) is 16.4. The Balaban J connectivity index is 1.73. The molecule has 0 radical (unpaired) electrons. The second kappa shape index (κ2) is 9.29. The molecule has 0 unspecified atom stereocenters. The number of amides is 1. The predicted molar refractivity (Wildman–Crippen MR) is 107 cm³/mol. The third kappa shape index (κ3) is 4.85. The quantitative estimate of drug-likeness (QED) is 0.583. The Labute approximate surface area is 169 Å². The molecule has 0 saturated carbocycles. The molecule has 28 heavy (non-hydrogen) atoms. The summed E-state index contributed by atoms with van der Waals surface area (Å²) in [6, 6.07) is 16.7. The van der Waals surface area contributed by atoms with Crippen molar-refractivity contribution in [3.63, 3.8) is 0 Å². The van der Waals surface area contributed by atoms with Crippen molar-refractivity contribution in [1.29, 1.82) is 0 Å². The highest BCUT2D eigenvalue weighted by molar-refractivity contribution is 9.10. The van der Waals surface area contributed by atoms with Gasteiger partial charge in [0, 0.05) is 6.54 Å². The smallest absolute Gasteiger partial charge is 0.276 e. The first-order valence-electron chi connectivity index (χ1n) is 8.49. The van der Waals surface area contributed by atoms with Crippen molar-refractivity contribution in [3.05, 3.63) is 86.9 Å². The van der Waals surface area contributed by atoms with Gasteiger partial charge in [0.2, 0.25) is 11.8 Å². The average Bonchev–Trinajstić information content (AvgIpc) is 2.74. The van der Waals surface area contributed by atoms with Crippen LogP contribution >= 0.6 is 15.9 Å². The van der Waals surface area contributed by atoms with Gasteiger partial charge in [0.15, 0.2) is 0 Å². The number of halogens is 1. The van der Waals surface area contributed by atoms with E-state index in [1.54, 1.807) is 24.3 Å². The molecule has 3 rings (SSSR count). The highest BCUT2D eigenvalue weighted by Gasteiger charge is 2.12.